The fraction of sp³-hybridized carbons (Fsp3) is 0.368. The average Bonchev–Trinajstić information content (AvgIpc) is 3.31. The highest BCUT2D eigenvalue weighted by atomic mass is 32.1. The van der Waals surface area contributed by atoms with Gasteiger partial charge in [-0.2, -0.15) is 0 Å². The van der Waals surface area contributed by atoms with Gasteiger partial charge in [0, 0.05) is 37.5 Å². The Labute approximate surface area is 171 Å². The van der Waals surface area contributed by atoms with Crippen LogP contribution in [-0.4, -0.2) is 59.4 Å². The van der Waals surface area contributed by atoms with Crippen molar-refractivity contribution in [1.29, 1.82) is 0 Å². The van der Waals surface area contributed by atoms with Crippen molar-refractivity contribution in [3.63, 3.8) is 0 Å². The second kappa shape index (κ2) is 7.70. The maximum atomic E-state index is 12.8. The number of benzene rings is 1. The number of fused-ring (bicyclic) bond motifs is 2. The number of rotatable bonds is 6. The van der Waals surface area contributed by atoms with E-state index in [4.69, 9.17) is 9.47 Å². The second-order valence-corrected chi connectivity index (χ2v) is 7.63. The third-order valence-corrected chi connectivity index (χ3v) is 5.79. The monoisotopic (exact) mass is 416 g/mol. The van der Waals surface area contributed by atoms with Crippen LogP contribution in [0.3, 0.4) is 0 Å². The Kier molecular flexibility index (Phi) is 5.10. The van der Waals surface area contributed by atoms with Crippen molar-refractivity contribution < 1.29 is 23.9 Å². The summed E-state index contributed by atoms with van der Waals surface area (Å²) in [5, 5.41) is 4.90. The maximum absolute atomic E-state index is 12.8. The number of nitrogens with zero attached hydrogens (tertiary/aromatic N) is 3. The number of anilines is 1. The molecule has 0 bridgehead atoms. The lowest BCUT2D eigenvalue weighted by Crippen LogP contribution is -2.40. The molecule has 0 saturated carbocycles. The van der Waals surface area contributed by atoms with Crippen LogP contribution in [0.25, 0.3) is 0 Å². The molecule has 0 radical (unpaired) electrons. The van der Waals surface area contributed by atoms with Crippen LogP contribution in [-0.2, 0) is 22.6 Å². The minimum absolute atomic E-state index is 0.0201. The summed E-state index contributed by atoms with van der Waals surface area (Å²) >= 11 is 1.31. The van der Waals surface area contributed by atoms with Gasteiger partial charge in [-0.1, -0.05) is 0 Å². The van der Waals surface area contributed by atoms with Crippen LogP contribution in [0, 0.1) is 0 Å². The summed E-state index contributed by atoms with van der Waals surface area (Å²) in [6.07, 6.45) is 2.02. The molecule has 4 amide bonds. The van der Waals surface area contributed by atoms with Crippen molar-refractivity contribution in [2.24, 2.45) is 0 Å². The van der Waals surface area contributed by atoms with Crippen LogP contribution in [0.5, 0.6) is 11.5 Å². The van der Waals surface area contributed by atoms with Crippen molar-refractivity contribution in [2.75, 3.05) is 26.1 Å². The molecule has 1 saturated heterocycles. The van der Waals surface area contributed by atoms with E-state index in [0.717, 1.165) is 16.0 Å². The molecule has 29 heavy (non-hydrogen) atoms. The van der Waals surface area contributed by atoms with Gasteiger partial charge < -0.3 is 19.7 Å². The molecule has 1 atom stereocenters. The van der Waals surface area contributed by atoms with Crippen LogP contribution in [0.1, 0.15) is 17.5 Å². The Bertz CT molecular complexity index is 911. The summed E-state index contributed by atoms with van der Waals surface area (Å²) in [6.45, 7) is 0.345. The van der Waals surface area contributed by atoms with Gasteiger partial charge in [0.15, 0.2) is 16.6 Å². The van der Waals surface area contributed by atoms with Crippen molar-refractivity contribution >= 4 is 34.3 Å². The van der Waals surface area contributed by atoms with Gasteiger partial charge in [0.2, 0.25) is 5.91 Å². The van der Waals surface area contributed by atoms with Gasteiger partial charge >= 0.3 is 6.03 Å². The quantitative estimate of drug-likeness (QED) is 0.722. The number of thiazole rings is 1. The maximum Gasteiger partial charge on any atom is 0.327 e. The number of imide groups is 1. The molecule has 0 spiro atoms. The van der Waals surface area contributed by atoms with E-state index in [1.54, 1.807) is 30.7 Å². The van der Waals surface area contributed by atoms with Crippen molar-refractivity contribution in [3.05, 3.63) is 34.8 Å². The Morgan fingerprint density at radius 3 is 2.62 bits per heavy atom. The van der Waals surface area contributed by atoms with Crippen LogP contribution in [0.2, 0.25) is 0 Å². The number of methoxy groups -OCH3 is 2. The van der Waals surface area contributed by atoms with Gasteiger partial charge in [-0.15, -0.1) is 11.3 Å². The van der Waals surface area contributed by atoms with Gasteiger partial charge in [0.1, 0.15) is 6.04 Å². The molecule has 4 rings (SSSR count). The highest BCUT2D eigenvalue weighted by molar-refractivity contribution is 7.13. The summed E-state index contributed by atoms with van der Waals surface area (Å²) in [5.41, 5.74) is 1.87. The topological polar surface area (TPSA) is 101 Å². The van der Waals surface area contributed by atoms with Crippen LogP contribution >= 0.6 is 11.3 Å². The molecule has 1 aromatic carbocycles. The van der Waals surface area contributed by atoms with Crippen molar-refractivity contribution in [3.8, 4) is 11.5 Å². The smallest absolute Gasteiger partial charge is 0.327 e. The van der Waals surface area contributed by atoms with E-state index in [1.807, 2.05) is 12.1 Å². The summed E-state index contributed by atoms with van der Waals surface area (Å²) in [6, 6.07) is 2.76. The molecule has 1 aromatic heterocycles. The van der Waals surface area contributed by atoms with E-state index >= 15 is 0 Å². The highest BCUT2D eigenvalue weighted by Gasteiger charge is 2.47. The van der Waals surface area contributed by atoms with Crippen molar-refractivity contribution in [2.45, 2.75) is 25.4 Å². The summed E-state index contributed by atoms with van der Waals surface area (Å²) < 4.78 is 10.7. The largest absolute Gasteiger partial charge is 0.493 e. The molecule has 2 aliphatic rings. The van der Waals surface area contributed by atoms with Gasteiger partial charge in [-0.05, 0) is 23.3 Å². The lowest BCUT2D eigenvalue weighted by atomic mass is 9.94. The summed E-state index contributed by atoms with van der Waals surface area (Å²) in [4.78, 5) is 44.4. The first-order valence-electron chi connectivity index (χ1n) is 9.07. The van der Waals surface area contributed by atoms with Crippen LogP contribution in [0.4, 0.5) is 9.93 Å². The number of nitrogens with one attached hydrogen (secondary N) is 1. The van der Waals surface area contributed by atoms with Gasteiger partial charge in [-0.25, -0.2) is 9.78 Å². The van der Waals surface area contributed by atoms with E-state index in [0.29, 0.717) is 29.6 Å². The molecule has 2 aliphatic heterocycles. The third kappa shape index (κ3) is 3.51. The van der Waals surface area contributed by atoms with Crippen LogP contribution < -0.4 is 14.8 Å². The molecule has 0 aliphatic carbocycles. The first kappa shape index (κ1) is 19.2. The molecule has 1 fully saturated rings. The number of carbonyl (C=O) groups is 3. The Morgan fingerprint density at radius 2 is 1.97 bits per heavy atom. The Morgan fingerprint density at radius 1 is 1.24 bits per heavy atom. The number of hydrogen-bond acceptors (Lipinski definition) is 7. The SMILES string of the molecule is COc1cc2c(cc1OC)CN1C(=O)N(CCC(=O)Nc3nccs3)C(=O)[C@H]1C2. The van der Waals surface area contributed by atoms with Gasteiger partial charge in [0.25, 0.3) is 5.91 Å². The molecule has 9 nitrogen and oxygen atoms in total. The highest BCUT2D eigenvalue weighted by Crippen LogP contribution is 2.37. The predicted octanol–water partition coefficient (Wildman–Crippen LogP) is 1.88. The summed E-state index contributed by atoms with van der Waals surface area (Å²) in [5.74, 6) is 0.603. The van der Waals surface area contributed by atoms with Gasteiger partial charge in [0.05, 0.1) is 14.2 Å². The molecular formula is C19H20N4O5S. The first-order valence-corrected chi connectivity index (χ1v) is 9.95. The van der Waals surface area contributed by atoms with Gasteiger partial charge in [-0.3, -0.25) is 14.5 Å². The summed E-state index contributed by atoms with van der Waals surface area (Å²) in [7, 11) is 3.11. The minimum atomic E-state index is -0.560. The first-order chi connectivity index (χ1) is 14.0. The van der Waals surface area contributed by atoms with E-state index in [-0.39, 0.29) is 30.8 Å². The average molecular weight is 416 g/mol. The molecule has 152 valence electrons. The second-order valence-electron chi connectivity index (χ2n) is 6.73. The lowest BCUT2D eigenvalue weighted by Gasteiger charge is -2.29. The fourth-order valence-electron chi connectivity index (χ4n) is 3.65. The molecule has 0 unspecified atom stereocenters. The Balaban J connectivity index is 1.46. The number of hydrogen-bond donors (Lipinski definition) is 1. The standard InChI is InChI=1S/C19H20N4O5S/c1-27-14-8-11-7-13-17(25)22(5-3-16(24)21-18-20-4-6-29-18)19(26)23(13)10-12(11)9-15(14)28-2/h4,6,8-9,13H,3,5,7,10H2,1-2H3,(H,20,21,24)/t13-/m1/s1. The minimum Gasteiger partial charge on any atom is -0.493 e. The molecule has 3 heterocycles. The zero-order valence-electron chi connectivity index (χ0n) is 16.0. The molecular weight excluding hydrogens is 396 g/mol. The number of urea groups is 1. The number of ether oxygens (including phenoxy) is 2. The van der Waals surface area contributed by atoms with E-state index < -0.39 is 6.04 Å². The fourth-order valence-corrected chi connectivity index (χ4v) is 4.19. The predicted molar refractivity (Wildman–Crippen MR) is 105 cm³/mol. The zero-order chi connectivity index (χ0) is 20.5. The number of carbonyl (C=O) groups excluding carboxylic acids is 3. The molecule has 10 heteroatoms. The molecule has 2 aromatic rings. The lowest BCUT2D eigenvalue weighted by molar-refractivity contribution is -0.128. The molecule has 1 N–H and O–H groups in total. The normalized spacial score (nSPS) is 17.8. The zero-order valence-corrected chi connectivity index (χ0v) is 16.8. The number of amides is 4. The van der Waals surface area contributed by atoms with E-state index in [2.05, 4.69) is 10.3 Å². The van der Waals surface area contributed by atoms with Crippen LogP contribution in [0.15, 0.2) is 23.7 Å². The van der Waals surface area contributed by atoms with E-state index in [1.165, 1.54) is 11.3 Å². The van der Waals surface area contributed by atoms with E-state index in [9.17, 15) is 14.4 Å². The Hall–Kier alpha value is -3.14. The van der Waals surface area contributed by atoms with Crippen molar-refractivity contribution in [1.82, 2.24) is 14.8 Å². The third-order valence-electron chi connectivity index (χ3n) is 5.10. The number of aromatic nitrogens is 1.